The molecular formula is C10H6FNO2. The lowest BCUT2D eigenvalue weighted by Crippen LogP contribution is -2.06. The van der Waals surface area contributed by atoms with Gasteiger partial charge in [-0.2, -0.15) is 0 Å². The van der Waals surface area contributed by atoms with Gasteiger partial charge in [0.05, 0.1) is 5.56 Å². The summed E-state index contributed by atoms with van der Waals surface area (Å²) >= 11 is 0. The maximum Gasteiger partial charge on any atom is 0.293 e. The van der Waals surface area contributed by atoms with Crippen LogP contribution in [0.3, 0.4) is 0 Å². The van der Waals surface area contributed by atoms with E-state index in [-0.39, 0.29) is 5.56 Å². The van der Waals surface area contributed by atoms with Gasteiger partial charge in [-0.05, 0) is 24.1 Å². The third kappa shape index (κ3) is 2.42. The van der Waals surface area contributed by atoms with Crippen LogP contribution in [0.2, 0.25) is 0 Å². The molecule has 0 atom stereocenters. The number of hydrogen-bond donors (Lipinski definition) is 1. The highest BCUT2D eigenvalue weighted by Crippen LogP contribution is 2.07. The van der Waals surface area contributed by atoms with Crippen LogP contribution in [0.1, 0.15) is 15.9 Å². The van der Waals surface area contributed by atoms with Crippen LogP contribution in [0.5, 0.6) is 0 Å². The smallest absolute Gasteiger partial charge is 0.293 e. The van der Waals surface area contributed by atoms with Crippen LogP contribution in [0.15, 0.2) is 18.2 Å². The molecule has 0 aliphatic heterocycles. The summed E-state index contributed by atoms with van der Waals surface area (Å²) in [5, 5.41) is 0. The molecule has 0 aliphatic carbocycles. The maximum absolute atomic E-state index is 12.8. The van der Waals surface area contributed by atoms with Crippen molar-refractivity contribution in [2.24, 2.45) is 5.73 Å². The van der Waals surface area contributed by atoms with E-state index in [2.05, 4.69) is 11.8 Å². The van der Waals surface area contributed by atoms with E-state index in [9.17, 15) is 14.0 Å². The van der Waals surface area contributed by atoms with E-state index < -0.39 is 11.7 Å². The van der Waals surface area contributed by atoms with Crippen molar-refractivity contribution < 1.29 is 14.0 Å². The summed E-state index contributed by atoms with van der Waals surface area (Å²) in [5.41, 5.74) is 5.06. The lowest BCUT2D eigenvalue weighted by molar-refractivity contribution is -0.112. The van der Waals surface area contributed by atoms with E-state index in [4.69, 9.17) is 5.73 Å². The van der Waals surface area contributed by atoms with Crippen LogP contribution in [-0.2, 0) is 4.79 Å². The summed E-state index contributed by atoms with van der Waals surface area (Å²) in [5.74, 6) is 3.08. The summed E-state index contributed by atoms with van der Waals surface area (Å²) in [6.07, 6.45) is 0.380. The molecule has 1 aromatic rings. The summed E-state index contributed by atoms with van der Waals surface area (Å²) < 4.78 is 12.8. The number of primary amides is 1. The van der Waals surface area contributed by atoms with Gasteiger partial charge in [0.2, 0.25) is 0 Å². The number of nitrogens with two attached hydrogens (primary N) is 1. The Morgan fingerprint density at radius 2 is 2.21 bits per heavy atom. The molecule has 0 unspecified atom stereocenters. The molecule has 3 nitrogen and oxygen atoms in total. The van der Waals surface area contributed by atoms with Crippen molar-refractivity contribution in [1.82, 2.24) is 0 Å². The molecular weight excluding hydrogens is 185 g/mol. The van der Waals surface area contributed by atoms with Gasteiger partial charge in [-0.3, -0.25) is 9.59 Å². The Hall–Kier alpha value is -2.15. The van der Waals surface area contributed by atoms with Crippen molar-refractivity contribution in [3.8, 4) is 11.8 Å². The van der Waals surface area contributed by atoms with Crippen LogP contribution >= 0.6 is 0 Å². The van der Waals surface area contributed by atoms with Gasteiger partial charge in [-0.25, -0.2) is 4.39 Å². The first-order valence-corrected chi connectivity index (χ1v) is 3.69. The van der Waals surface area contributed by atoms with E-state index in [1.54, 1.807) is 0 Å². The van der Waals surface area contributed by atoms with Crippen LogP contribution in [0.25, 0.3) is 0 Å². The minimum atomic E-state index is -0.776. The highest BCUT2D eigenvalue weighted by molar-refractivity contribution is 5.92. The van der Waals surface area contributed by atoms with E-state index in [0.717, 1.165) is 6.07 Å². The van der Waals surface area contributed by atoms with Gasteiger partial charge < -0.3 is 5.73 Å². The molecule has 2 N–H and O–H groups in total. The molecule has 1 amide bonds. The normalized spacial score (nSPS) is 8.64. The molecule has 1 rings (SSSR count). The molecule has 0 fully saturated rings. The monoisotopic (exact) mass is 191 g/mol. The van der Waals surface area contributed by atoms with Crippen molar-refractivity contribution in [2.45, 2.75) is 0 Å². The minimum Gasteiger partial charge on any atom is -0.359 e. The average molecular weight is 191 g/mol. The lowest BCUT2D eigenvalue weighted by atomic mass is 10.1. The number of aldehydes is 1. The Morgan fingerprint density at radius 1 is 1.50 bits per heavy atom. The van der Waals surface area contributed by atoms with Gasteiger partial charge in [0, 0.05) is 5.56 Å². The molecule has 0 radical (unpaired) electrons. The first-order valence-electron chi connectivity index (χ1n) is 3.69. The van der Waals surface area contributed by atoms with Crippen LogP contribution in [-0.4, -0.2) is 12.2 Å². The number of benzene rings is 1. The van der Waals surface area contributed by atoms with E-state index in [0.29, 0.717) is 11.8 Å². The minimum absolute atomic E-state index is 0.0960. The Bertz CT molecular complexity index is 443. The molecule has 1 aromatic carbocycles. The van der Waals surface area contributed by atoms with Crippen LogP contribution in [0.4, 0.5) is 4.39 Å². The number of carbonyl (C=O) groups excluding carboxylic acids is 2. The van der Waals surface area contributed by atoms with Crippen molar-refractivity contribution in [3.05, 3.63) is 35.1 Å². The van der Waals surface area contributed by atoms with Gasteiger partial charge in [0.15, 0.2) is 6.29 Å². The van der Waals surface area contributed by atoms with Gasteiger partial charge in [0.25, 0.3) is 5.91 Å². The molecule has 0 spiro atoms. The quantitative estimate of drug-likeness (QED) is 0.518. The summed E-state index contributed by atoms with van der Waals surface area (Å²) in [7, 11) is 0. The average Bonchev–Trinajstić information content (AvgIpc) is 2.16. The lowest BCUT2D eigenvalue weighted by Gasteiger charge is -1.94. The molecule has 70 valence electrons. The second-order valence-corrected chi connectivity index (χ2v) is 2.47. The number of amides is 1. The fourth-order valence-corrected chi connectivity index (χ4v) is 0.846. The molecule has 0 aliphatic rings. The van der Waals surface area contributed by atoms with Crippen molar-refractivity contribution in [2.75, 3.05) is 0 Å². The van der Waals surface area contributed by atoms with Crippen LogP contribution < -0.4 is 5.73 Å². The fourth-order valence-electron chi connectivity index (χ4n) is 0.846. The Labute approximate surface area is 79.7 Å². The molecule has 4 heteroatoms. The van der Waals surface area contributed by atoms with Gasteiger partial charge >= 0.3 is 0 Å². The predicted octanol–water partition coefficient (Wildman–Crippen LogP) is 0.475. The maximum atomic E-state index is 12.8. The summed E-state index contributed by atoms with van der Waals surface area (Å²) in [4.78, 5) is 20.6. The van der Waals surface area contributed by atoms with Crippen LogP contribution in [0, 0.1) is 17.7 Å². The molecule has 14 heavy (non-hydrogen) atoms. The zero-order valence-corrected chi connectivity index (χ0v) is 7.08. The highest BCUT2D eigenvalue weighted by atomic mass is 19.1. The zero-order valence-electron chi connectivity index (χ0n) is 7.08. The Kier molecular flexibility index (Phi) is 2.97. The summed E-state index contributed by atoms with van der Waals surface area (Å²) in [6.45, 7) is 0. The highest BCUT2D eigenvalue weighted by Gasteiger charge is 2.00. The molecule has 0 heterocycles. The molecule has 0 aromatic heterocycles. The fraction of sp³-hybridized carbons (Fsp3) is 0. The van der Waals surface area contributed by atoms with E-state index in [1.165, 1.54) is 12.1 Å². The Balaban J connectivity index is 3.09. The molecule has 0 saturated carbocycles. The van der Waals surface area contributed by atoms with Gasteiger partial charge in [0.1, 0.15) is 5.82 Å². The SMILES string of the molecule is NC(=O)C#Cc1ccc(F)c(C=O)c1. The van der Waals surface area contributed by atoms with E-state index in [1.807, 2.05) is 0 Å². The molecule has 0 saturated heterocycles. The summed E-state index contributed by atoms with van der Waals surface area (Å²) in [6, 6.07) is 3.71. The van der Waals surface area contributed by atoms with Crippen molar-refractivity contribution in [3.63, 3.8) is 0 Å². The van der Waals surface area contributed by atoms with Gasteiger partial charge in [-0.15, -0.1) is 0 Å². The second-order valence-electron chi connectivity index (χ2n) is 2.47. The number of hydrogen-bond acceptors (Lipinski definition) is 2. The third-order valence-electron chi connectivity index (χ3n) is 1.45. The predicted molar refractivity (Wildman–Crippen MR) is 47.9 cm³/mol. The first-order chi connectivity index (χ1) is 6.63. The number of halogens is 1. The number of carbonyl (C=O) groups is 2. The molecule has 0 bridgehead atoms. The standard InChI is InChI=1S/C10H6FNO2/c11-9-3-1-7(2-4-10(12)14)5-8(9)6-13/h1,3,5-6H,(H2,12,14). The van der Waals surface area contributed by atoms with Gasteiger partial charge in [-0.1, -0.05) is 5.92 Å². The van der Waals surface area contributed by atoms with Crippen molar-refractivity contribution in [1.29, 1.82) is 0 Å². The van der Waals surface area contributed by atoms with E-state index >= 15 is 0 Å². The largest absolute Gasteiger partial charge is 0.359 e. The van der Waals surface area contributed by atoms with Crippen molar-refractivity contribution >= 4 is 12.2 Å². The Morgan fingerprint density at radius 3 is 2.79 bits per heavy atom. The zero-order chi connectivity index (χ0) is 10.6. The third-order valence-corrected chi connectivity index (χ3v) is 1.45. The topological polar surface area (TPSA) is 60.2 Å². The first kappa shape index (κ1) is 9.93. The number of rotatable bonds is 1. The second kappa shape index (κ2) is 4.19.